The quantitative estimate of drug-likeness (QED) is 0.665. The Balaban J connectivity index is 2.14. The van der Waals surface area contributed by atoms with Crippen LogP contribution in [-0.4, -0.2) is 6.61 Å². The molecule has 1 aliphatic rings. The van der Waals surface area contributed by atoms with Crippen LogP contribution in [0.2, 0.25) is 0 Å². The fraction of sp³-hybridized carbons (Fsp3) is 0.294. The summed E-state index contributed by atoms with van der Waals surface area (Å²) in [6, 6.07) is 10.5. The number of ether oxygens (including phenoxy) is 1. The molecule has 2 aromatic carbocycles. The van der Waals surface area contributed by atoms with Gasteiger partial charge in [-0.25, -0.2) is 0 Å². The molecule has 1 aliphatic heterocycles. The fourth-order valence-electron chi connectivity index (χ4n) is 2.87. The first-order valence-corrected chi connectivity index (χ1v) is 7.96. The Morgan fingerprint density at radius 2 is 1.90 bits per heavy atom. The molecule has 1 atom stereocenters. The minimum Gasteiger partial charge on any atom is -0.493 e. The molecule has 2 aromatic rings. The molecule has 20 heavy (non-hydrogen) atoms. The van der Waals surface area contributed by atoms with E-state index >= 15 is 0 Å². The number of alkyl halides is 1. The molecule has 0 saturated carbocycles. The number of fused-ring (bicyclic) bond motifs is 1. The summed E-state index contributed by atoms with van der Waals surface area (Å²) in [6.07, 6.45) is 0.956. The topological polar surface area (TPSA) is 9.23 Å². The second-order valence-corrected chi connectivity index (χ2v) is 6.60. The largest absolute Gasteiger partial charge is 0.493 e. The van der Waals surface area contributed by atoms with Crippen molar-refractivity contribution in [2.75, 3.05) is 6.61 Å². The van der Waals surface area contributed by atoms with Gasteiger partial charge >= 0.3 is 0 Å². The van der Waals surface area contributed by atoms with Crippen LogP contribution in [-0.2, 0) is 6.42 Å². The van der Waals surface area contributed by atoms with Crippen LogP contribution in [0.25, 0.3) is 0 Å². The molecule has 0 fully saturated rings. The van der Waals surface area contributed by atoms with Crippen molar-refractivity contribution in [3.8, 4) is 5.75 Å². The number of benzene rings is 2. The highest BCUT2D eigenvalue weighted by Gasteiger charge is 2.24. The van der Waals surface area contributed by atoms with Gasteiger partial charge in [-0.2, -0.15) is 0 Å². The zero-order chi connectivity index (χ0) is 14.3. The molecule has 1 unspecified atom stereocenters. The summed E-state index contributed by atoms with van der Waals surface area (Å²) < 4.78 is 6.87. The van der Waals surface area contributed by atoms with Crippen LogP contribution in [0.15, 0.2) is 34.8 Å². The molecule has 0 aliphatic carbocycles. The Morgan fingerprint density at radius 3 is 2.60 bits per heavy atom. The molecule has 1 heterocycles. The standard InChI is InChI=1S/C17H16BrClO/c1-10-4-3-5-11(2)15(10)16(19)14-9-13(18)8-12-6-7-20-17(12)14/h3-5,8-9,16H,6-7H2,1-2H3. The summed E-state index contributed by atoms with van der Waals surface area (Å²) in [5.41, 5.74) is 5.93. The molecule has 0 saturated heterocycles. The Morgan fingerprint density at radius 1 is 1.20 bits per heavy atom. The third-order valence-corrected chi connectivity index (χ3v) is 4.76. The van der Waals surface area contributed by atoms with Crippen LogP contribution in [0.1, 0.15) is 33.2 Å². The lowest BCUT2D eigenvalue weighted by Gasteiger charge is -2.19. The molecule has 1 nitrogen and oxygen atoms in total. The van der Waals surface area contributed by atoms with Gasteiger partial charge in [0.15, 0.2) is 0 Å². The number of halogens is 2. The van der Waals surface area contributed by atoms with Gasteiger partial charge in [-0.3, -0.25) is 0 Å². The molecule has 0 amide bonds. The molecule has 0 radical (unpaired) electrons. The fourth-order valence-corrected chi connectivity index (χ4v) is 3.90. The molecule has 0 aromatic heterocycles. The van der Waals surface area contributed by atoms with Gasteiger partial charge in [-0.1, -0.05) is 34.1 Å². The molecule has 0 bridgehead atoms. The third-order valence-electron chi connectivity index (χ3n) is 3.85. The highest BCUT2D eigenvalue weighted by atomic mass is 79.9. The maximum atomic E-state index is 6.80. The predicted molar refractivity (Wildman–Crippen MR) is 87.0 cm³/mol. The normalized spacial score (nSPS) is 14.8. The summed E-state index contributed by atoms with van der Waals surface area (Å²) in [6.45, 7) is 4.96. The lowest BCUT2D eigenvalue weighted by atomic mass is 9.94. The summed E-state index contributed by atoms with van der Waals surface area (Å²) in [7, 11) is 0. The van der Waals surface area contributed by atoms with Crippen LogP contribution in [0, 0.1) is 13.8 Å². The molecule has 3 heteroatoms. The van der Waals surface area contributed by atoms with Gasteiger partial charge in [0.2, 0.25) is 0 Å². The van der Waals surface area contributed by atoms with E-state index in [-0.39, 0.29) is 5.38 Å². The van der Waals surface area contributed by atoms with E-state index in [4.69, 9.17) is 16.3 Å². The van der Waals surface area contributed by atoms with Gasteiger partial charge in [0.05, 0.1) is 12.0 Å². The first-order valence-electron chi connectivity index (χ1n) is 6.73. The molecular formula is C17H16BrClO. The number of rotatable bonds is 2. The highest BCUT2D eigenvalue weighted by molar-refractivity contribution is 9.10. The van der Waals surface area contributed by atoms with E-state index in [0.29, 0.717) is 0 Å². The smallest absolute Gasteiger partial charge is 0.127 e. The van der Waals surface area contributed by atoms with Crippen LogP contribution in [0.5, 0.6) is 5.75 Å². The minimum atomic E-state index is -0.180. The summed E-state index contributed by atoms with van der Waals surface area (Å²) in [5, 5.41) is -0.180. The van der Waals surface area contributed by atoms with Crippen LogP contribution in [0.4, 0.5) is 0 Å². The molecule has 0 N–H and O–H groups in total. The van der Waals surface area contributed by atoms with Crippen molar-refractivity contribution in [3.63, 3.8) is 0 Å². The lowest BCUT2D eigenvalue weighted by Crippen LogP contribution is -2.02. The lowest BCUT2D eigenvalue weighted by molar-refractivity contribution is 0.353. The predicted octanol–water partition coefficient (Wildman–Crippen LogP) is 5.33. The molecule has 3 rings (SSSR count). The summed E-state index contributed by atoms with van der Waals surface area (Å²) in [5.74, 6) is 0.968. The van der Waals surface area contributed by atoms with E-state index in [1.807, 2.05) is 0 Å². The summed E-state index contributed by atoms with van der Waals surface area (Å²) in [4.78, 5) is 0. The van der Waals surface area contributed by atoms with Gasteiger partial charge < -0.3 is 4.74 Å². The highest BCUT2D eigenvalue weighted by Crippen LogP contribution is 2.43. The Bertz CT molecular complexity index is 646. The number of hydrogen-bond donors (Lipinski definition) is 0. The second kappa shape index (κ2) is 5.42. The zero-order valence-electron chi connectivity index (χ0n) is 11.5. The average molecular weight is 352 g/mol. The van der Waals surface area contributed by atoms with Crippen LogP contribution >= 0.6 is 27.5 Å². The van der Waals surface area contributed by atoms with Crippen molar-refractivity contribution in [1.82, 2.24) is 0 Å². The van der Waals surface area contributed by atoms with Gasteiger partial charge in [-0.15, -0.1) is 11.6 Å². The average Bonchev–Trinajstić information content (AvgIpc) is 2.85. The van der Waals surface area contributed by atoms with Gasteiger partial charge in [0, 0.05) is 16.5 Å². The van der Waals surface area contributed by atoms with Gasteiger partial charge in [-0.05, 0) is 48.2 Å². The molecule has 0 spiro atoms. The number of aryl methyl sites for hydroxylation is 2. The Labute approximate surface area is 133 Å². The van der Waals surface area contributed by atoms with Crippen molar-refractivity contribution in [1.29, 1.82) is 0 Å². The monoisotopic (exact) mass is 350 g/mol. The number of hydrogen-bond acceptors (Lipinski definition) is 1. The van der Waals surface area contributed by atoms with Gasteiger partial charge in [0.25, 0.3) is 0 Å². The van der Waals surface area contributed by atoms with E-state index in [1.54, 1.807) is 0 Å². The van der Waals surface area contributed by atoms with E-state index in [1.165, 1.54) is 22.3 Å². The minimum absolute atomic E-state index is 0.180. The van der Waals surface area contributed by atoms with Crippen LogP contribution in [0.3, 0.4) is 0 Å². The van der Waals surface area contributed by atoms with E-state index < -0.39 is 0 Å². The molecule has 104 valence electrons. The first kappa shape index (κ1) is 14.0. The Kier molecular flexibility index (Phi) is 3.78. The summed E-state index contributed by atoms with van der Waals surface area (Å²) >= 11 is 10.4. The van der Waals surface area contributed by atoms with Crippen molar-refractivity contribution in [2.45, 2.75) is 25.6 Å². The van der Waals surface area contributed by atoms with Crippen LogP contribution < -0.4 is 4.74 Å². The van der Waals surface area contributed by atoms with E-state index in [9.17, 15) is 0 Å². The second-order valence-electron chi connectivity index (χ2n) is 5.25. The van der Waals surface area contributed by atoms with Crippen molar-refractivity contribution < 1.29 is 4.74 Å². The molecular weight excluding hydrogens is 336 g/mol. The van der Waals surface area contributed by atoms with Gasteiger partial charge in [0.1, 0.15) is 5.75 Å². The zero-order valence-corrected chi connectivity index (χ0v) is 13.9. The van der Waals surface area contributed by atoms with E-state index in [2.05, 4.69) is 60.1 Å². The maximum absolute atomic E-state index is 6.80. The Hall–Kier alpha value is -0.990. The van der Waals surface area contributed by atoms with Crippen molar-refractivity contribution in [2.24, 2.45) is 0 Å². The van der Waals surface area contributed by atoms with Crippen molar-refractivity contribution in [3.05, 3.63) is 62.6 Å². The maximum Gasteiger partial charge on any atom is 0.127 e. The third kappa shape index (κ3) is 2.36. The van der Waals surface area contributed by atoms with E-state index in [0.717, 1.165) is 28.8 Å². The first-order chi connectivity index (χ1) is 9.58. The SMILES string of the molecule is Cc1cccc(C)c1C(Cl)c1cc(Br)cc2c1OCC2. The van der Waals surface area contributed by atoms with Crippen molar-refractivity contribution >= 4 is 27.5 Å².